The lowest BCUT2D eigenvalue weighted by Crippen LogP contribution is -2.20. The number of nitrogens with two attached hydrogens (primary N) is 1. The van der Waals surface area contributed by atoms with Gasteiger partial charge in [0.05, 0.1) is 24.8 Å². The predicted molar refractivity (Wildman–Crippen MR) is 84.3 cm³/mol. The molecule has 0 saturated carbocycles. The van der Waals surface area contributed by atoms with E-state index >= 15 is 0 Å². The highest BCUT2D eigenvalue weighted by atomic mass is 19.1. The first kappa shape index (κ1) is 15.3. The van der Waals surface area contributed by atoms with E-state index in [1.165, 1.54) is 16.8 Å². The summed E-state index contributed by atoms with van der Waals surface area (Å²) in [7, 11) is 0. The second kappa shape index (κ2) is 5.86. The number of nitrogens with zero attached hydrogens (tertiary/aromatic N) is 2. The number of aliphatic hydroxyl groups excluding tert-OH is 2. The van der Waals surface area contributed by atoms with Crippen LogP contribution >= 0.6 is 0 Å². The van der Waals surface area contributed by atoms with E-state index in [1.807, 2.05) is 0 Å². The molecular formula is C16H16FN3O3. The molecule has 1 aromatic heterocycles. The van der Waals surface area contributed by atoms with Crippen LogP contribution in [0, 0.1) is 5.82 Å². The van der Waals surface area contributed by atoms with Gasteiger partial charge in [-0.25, -0.2) is 4.39 Å². The molecule has 3 aromatic rings. The molecule has 3 rings (SSSR count). The normalized spacial score (nSPS) is 12.7. The number of para-hydroxylation sites is 1. The molecule has 1 atom stereocenters. The summed E-state index contributed by atoms with van der Waals surface area (Å²) in [6.45, 7) is -0.325. The van der Waals surface area contributed by atoms with Crippen LogP contribution in [0.5, 0.6) is 5.75 Å². The van der Waals surface area contributed by atoms with Gasteiger partial charge in [-0.2, -0.15) is 5.10 Å². The lowest BCUT2D eigenvalue weighted by atomic mass is 10.0. The number of aliphatic hydroxyl groups is 2. The van der Waals surface area contributed by atoms with Gasteiger partial charge >= 0.3 is 0 Å². The molecule has 7 heteroatoms. The van der Waals surface area contributed by atoms with Gasteiger partial charge in [-0.05, 0) is 23.8 Å². The van der Waals surface area contributed by atoms with Crippen LogP contribution in [0.4, 0.5) is 10.2 Å². The van der Waals surface area contributed by atoms with E-state index in [0.717, 1.165) is 0 Å². The highest BCUT2D eigenvalue weighted by Crippen LogP contribution is 2.34. The van der Waals surface area contributed by atoms with Gasteiger partial charge in [0.15, 0.2) is 17.4 Å². The number of aromatic hydroxyl groups is 1. The molecule has 6 nitrogen and oxygen atoms in total. The van der Waals surface area contributed by atoms with Crippen molar-refractivity contribution >= 4 is 16.7 Å². The maximum Gasteiger partial charge on any atom is 0.165 e. The number of hydrogen-bond donors (Lipinski definition) is 4. The minimum absolute atomic E-state index is 0.0722. The Hall–Kier alpha value is -2.64. The van der Waals surface area contributed by atoms with Gasteiger partial charge in [-0.1, -0.05) is 18.2 Å². The summed E-state index contributed by atoms with van der Waals surface area (Å²) in [6.07, 6.45) is -0.969. The summed E-state index contributed by atoms with van der Waals surface area (Å²) in [5, 5.41) is 33.3. The van der Waals surface area contributed by atoms with E-state index in [2.05, 4.69) is 5.10 Å². The fraction of sp³-hybridized carbons (Fsp3) is 0.188. The van der Waals surface area contributed by atoms with Crippen LogP contribution in [-0.4, -0.2) is 37.8 Å². The van der Waals surface area contributed by atoms with Crippen molar-refractivity contribution in [3.8, 4) is 16.9 Å². The SMILES string of the molecule is Nc1nn(CC(O)CO)c2cc(-c3cccc(F)c3O)ccc12. The van der Waals surface area contributed by atoms with Gasteiger partial charge in [-0.3, -0.25) is 4.68 Å². The molecule has 23 heavy (non-hydrogen) atoms. The van der Waals surface area contributed by atoms with E-state index in [9.17, 15) is 14.6 Å². The number of phenolic OH excluding ortho intramolecular Hbond substituents is 1. The van der Waals surface area contributed by atoms with Crippen LogP contribution in [0.2, 0.25) is 0 Å². The fourth-order valence-corrected chi connectivity index (χ4v) is 2.51. The van der Waals surface area contributed by atoms with E-state index in [4.69, 9.17) is 10.8 Å². The predicted octanol–water partition coefficient (Wildman–Crippen LogP) is 1.48. The number of nitrogen functional groups attached to an aromatic ring is 1. The van der Waals surface area contributed by atoms with E-state index in [1.54, 1.807) is 24.3 Å². The van der Waals surface area contributed by atoms with Crippen LogP contribution in [0.1, 0.15) is 0 Å². The fourth-order valence-electron chi connectivity index (χ4n) is 2.51. The number of halogens is 1. The number of rotatable bonds is 4. The van der Waals surface area contributed by atoms with Gasteiger partial charge in [0, 0.05) is 10.9 Å². The molecule has 2 aromatic carbocycles. The molecule has 0 fully saturated rings. The standard InChI is InChI=1S/C16H16FN3O3/c17-13-3-1-2-11(15(13)23)9-4-5-12-14(6-9)20(19-16(12)18)7-10(22)8-21/h1-6,10,21-23H,7-8H2,(H2,18,19). The zero-order chi connectivity index (χ0) is 16.6. The highest BCUT2D eigenvalue weighted by Gasteiger charge is 2.14. The third-order valence-corrected chi connectivity index (χ3v) is 3.67. The molecule has 0 radical (unpaired) electrons. The average molecular weight is 317 g/mol. The summed E-state index contributed by atoms with van der Waals surface area (Å²) in [6, 6.07) is 9.43. The maximum atomic E-state index is 13.5. The first-order valence-electron chi connectivity index (χ1n) is 7.04. The maximum absolute atomic E-state index is 13.5. The van der Waals surface area contributed by atoms with E-state index in [0.29, 0.717) is 27.8 Å². The molecule has 0 aliphatic heterocycles. The number of benzene rings is 2. The van der Waals surface area contributed by atoms with Gasteiger partial charge in [0.1, 0.15) is 0 Å². The summed E-state index contributed by atoms with van der Waals surface area (Å²) < 4.78 is 15.0. The molecule has 120 valence electrons. The number of aromatic nitrogens is 2. The van der Waals surface area contributed by atoms with Crippen molar-refractivity contribution < 1.29 is 19.7 Å². The molecule has 5 N–H and O–H groups in total. The second-order valence-corrected chi connectivity index (χ2v) is 5.27. The van der Waals surface area contributed by atoms with Crippen LogP contribution in [0.3, 0.4) is 0 Å². The molecular weight excluding hydrogens is 301 g/mol. The zero-order valence-electron chi connectivity index (χ0n) is 12.1. The van der Waals surface area contributed by atoms with Gasteiger partial charge < -0.3 is 21.1 Å². The summed E-state index contributed by atoms with van der Waals surface area (Å²) >= 11 is 0. The molecule has 1 heterocycles. The lowest BCUT2D eigenvalue weighted by molar-refractivity contribution is 0.0794. The number of hydrogen-bond acceptors (Lipinski definition) is 5. The van der Waals surface area contributed by atoms with Crippen molar-refractivity contribution in [2.75, 3.05) is 12.3 Å². The van der Waals surface area contributed by atoms with Crippen LogP contribution in [-0.2, 0) is 6.54 Å². The largest absolute Gasteiger partial charge is 0.504 e. The Bertz CT molecular complexity index is 863. The average Bonchev–Trinajstić information content (AvgIpc) is 2.85. The third kappa shape index (κ3) is 2.71. The van der Waals surface area contributed by atoms with Crippen molar-refractivity contribution in [2.24, 2.45) is 0 Å². The van der Waals surface area contributed by atoms with Crippen molar-refractivity contribution in [3.05, 3.63) is 42.2 Å². The molecule has 0 bridgehead atoms. The molecule has 0 aliphatic carbocycles. The lowest BCUT2D eigenvalue weighted by Gasteiger charge is -2.09. The summed E-state index contributed by atoms with van der Waals surface area (Å²) in [5.74, 6) is -0.840. The zero-order valence-corrected chi connectivity index (χ0v) is 12.1. The Morgan fingerprint density at radius 1 is 1.26 bits per heavy atom. The Balaban J connectivity index is 2.14. The minimum atomic E-state index is -0.969. The third-order valence-electron chi connectivity index (χ3n) is 3.67. The van der Waals surface area contributed by atoms with Crippen LogP contribution < -0.4 is 5.73 Å². The summed E-state index contributed by atoms with van der Waals surface area (Å²) in [4.78, 5) is 0. The number of fused-ring (bicyclic) bond motifs is 1. The molecule has 1 unspecified atom stereocenters. The highest BCUT2D eigenvalue weighted by molar-refractivity contribution is 5.92. The number of anilines is 1. The number of phenols is 1. The van der Waals surface area contributed by atoms with E-state index in [-0.39, 0.29) is 6.54 Å². The molecule has 0 spiro atoms. The van der Waals surface area contributed by atoms with E-state index < -0.39 is 24.3 Å². The van der Waals surface area contributed by atoms with Crippen molar-refractivity contribution in [2.45, 2.75) is 12.6 Å². The minimum Gasteiger partial charge on any atom is -0.504 e. The second-order valence-electron chi connectivity index (χ2n) is 5.27. The van der Waals surface area contributed by atoms with Crippen molar-refractivity contribution in [1.29, 1.82) is 0 Å². The first-order valence-corrected chi connectivity index (χ1v) is 7.04. The molecule has 0 saturated heterocycles. The first-order chi connectivity index (χ1) is 11.0. The summed E-state index contributed by atoms with van der Waals surface area (Å²) in [5.41, 5.74) is 7.41. The molecule has 0 aliphatic rings. The van der Waals surface area contributed by atoms with Crippen molar-refractivity contribution in [3.63, 3.8) is 0 Å². The van der Waals surface area contributed by atoms with Gasteiger partial charge in [-0.15, -0.1) is 0 Å². The Kier molecular flexibility index (Phi) is 3.89. The van der Waals surface area contributed by atoms with Gasteiger partial charge in [0.25, 0.3) is 0 Å². The van der Waals surface area contributed by atoms with Crippen LogP contribution in [0.25, 0.3) is 22.0 Å². The molecule has 0 amide bonds. The monoisotopic (exact) mass is 317 g/mol. The Morgan fingerprint density at radius 3 is 2.78 bits per heavy atom. The quantitative estimate of drug-likeness (QED) is 0.583. The van der Waals surface area contributed by atoms with Gasteiger partial charge in [0.2, 0.25) is 0 Å². The topological polar surface area (TPSA) is 105 Å². The van der Waals surface area contributed by atoms with Crippen LogP contribution in [0.15, 0.2) is 36.4 Å². The Morgan fingerprint density at radius 2 is 2.04 bits per heavy atom. The van der Waals surface area contributed by atoms with Crippen molar-refractivity contribution in [1.82, 2.24) is 9.78 Å². The Labute approximate surface area is 131 Å². The smallest absolute Gasteiger partial charge is 0.165 e.